The number of methoxy groups -OCH3 is 1. The highest BCUT2D eigenvalue weighted by atomic mass is 16.5. The van der Waals surface area contributed by atoms with Crippen LogP contribution in [0.4, 0.5) is 0 Å². The minimum atomic E-state index is -0.507. The Morgan fingerprint density at radius 2 is 1.97 bits per heavy atom. The summed E-state index contributed by atoms with van der Waals surface area (Å²) in [6.07, 6.45) is 1.74. The molecule has 164 valence electrons. The minimum absolute atomic E-state index is 0.284. The number of ether oxygens (including phenoxy) is 3. The van der Waals surface area contributed by atoms with E-state index in [0.29, 0.717) is 12.5 Å². The van der Waals surface area contributed by atoms with E-state index in [1.165, 1.54) is 0 Å². The number of likely N-dealkylation sites (N-methyl/N-ethyl adjacent to an activating group) is 1. The normalized spacial score (nSPS) is 20.5. The minimum Gasteiger partial charge on any atom is -0.497 e. The molecule has 0 bridgehead atoms. The Hall–Kier alpha value is -1.38. The summed E-state index contributed by atoms with van der Waals surface area (Å²) >= 11 is 0. The zero-order valence-corrected chi connectivity index (χ0v) is 17.9. The van der Waals surface area contributed by atoms with Crippen LogP contribution >= 0.6 is 0 Å². The third kappa shape index (κ3) is 7.42. The molecule has 1 atom stereocenters. The van der Waals surface area contributed by atoms with E-state index in [4.69, 9.17) is 14.2 Å². The monoisotopic (exact) mass is 407 g/mol. The third-order valence-electron chi connectivity index (χ3n) is 5.86. The smallest absolute Gasteiger partial charge is 0.127 e. The highest BCUT2D eigenvalue weighted by Gasteiger charge is 2.18. The molecule has 1 aromatic carbocycles. The van der Waals surface area contributed by atoms with E-state index in [9.17, 15) is 5.11 Å². The van der Waals surface area contributed by atoms with Crippen molar-refractivity contribution in [1.82, 2.24) is 15.1 Å². The van der Waals surface area contributed by atoms with Crippen molar-refractivity contribution >= 4 is 0 Å². The summed E-state index contributed by atoms with van der Waals surface area (Å²) in [5, 5.41) is 14.0. The Balaban J connectivity index is 1.48. The second-order valence-corrected chi connectivity index (χ2v) is 8.23. The van der Waals surface area contributed by atoms with Gasteiger partial charge in [0.25, 0.3) is 0 Å². The maximum Gasteiger partial charge on any atom is 0.127 e. The lowest BCUT2D eigenvalue weighted by Gasteiger charge is -2.33. The first-order chi connectivity index (χ1) is 14.1. The molecule has 7 heteroatoms. The third-order valence-corrected chi connectivity index (χ3v) is 5.86. The molecule has 2 heterocycles. The molecule has 1 unspecified atom stereocenters. The van der Waals surface area contributed by atoms with Gasteiger partial charge in [-0.1, -0.05) is 6.07 Å². The number of nitrogens with zero attached hydrogens (tertiary/aromatic N) is 2. The second kappa shape index (κ2) is 11.7. The van der Waals surface area contributed by atoms with E-state index in [1.54, 1.807) is 7.11 Å². The van der Waals surface area contributed by atoms with E-state index in [1.807, 2.05) is 18.2 Å². The van der Waals surface area contributed by atoms with Crippen molar-refractivity contribution in [3.05, 3.63) is 23.8 Å². The number of piperazine rings is 1. The first-order valence-electron chi connectivity index (χ1n) is 10.8. The van der Waals surface area contributed by atoms with Crippen molar-refractivity contribution in [2.75, 3.05) is 73.2 Å². The molecule has 7 nitrogen and oxygen atoms in total. The quantitative estimate of drug-likeness (QED) is 0.604. The number of aliphatic hydroxyl groups excluding tert-OH is 1. The number of β-amino-alcohol motifs (C(OH)–C–C–N with tert-alkyl or cyclic N) is 1. The molecular weight excluding hydrogens is 370 g/mol. The fraction of sp³-hybridized carbons (Fsp3) is 0.727. The lowest BCUT2D eigenvalue weighted by molar-refractivity contribution is 0.0501. The summed E-state index contributed by atoms with van der Waals surface area (Å²) in [6, 6.07) is 5.91. The molecule has 0 radical (unpaired) electrons. The molecule has 2 aliphatic rings. The summed E-state index contributed by atoms with van der Waals surface area (Å²) < 4.78 is 16.8. The van der Waals surface area contributed by atoms with Gasteiger partial charge in [-0.05, 0) is 38.4 Å². The first-order valence-corrected chi connectivity index (χ1v) is 10.8. The number of hydrogen-bond donors (Lipinski definition) is 2. The van der Waals surface area contributed by atoms with Crippen molar-refractivity contribution in [3.63, 3.8) is 0 Å². The summed E-state index contributed by atoms with van der Waals surface area (Å²) in [5.41, 5.74) is 1.09. The fourth-order valence-corrected chi connectivity index (χ4v) is 3.87. The molecule has 2 fully saturated rings. The second-order valence-electron chi connectivity index (χ2n) is 8.23. The molecule has 2 N–H and O–H groups in total. The molecular formula is C22H37N3O4. The Morgan fingerprint density at radius 1 is 1.21 bits per heavy atom. The molecule has 2 aliphatic heterocycles. The topological polar surface area (TPSA) is 66.4 Å². The Bertz CT molecular complexity index is 602. The Morgan fingerprint density at radius 3 is 2.69 bits per heavy atom. The van der Waals surface area contributed by atoms with Crippen molar-refractivity contribution < 1.29 is 19.3 Å². The summed E-state index contributed by atoms with van der Waals surface area (Å²) in [4.78, 5) is 4.62. The van der Waals surface area contributed by atoms with Crippen LogP contribution in [0.5, 0.6) is 11.5 Å². The molecule has 1 aromatic rings. The van der Waals surface area contributed by atoms with E-state index in [-0.39, 0.29) is 6.61 Å². The van der Waals surface area contributed by atoms with Crippen LogP contribution in [0.2, 0.25) is 0 Å². The maximum absolute atomic E-state index is 10.5. The van der Waals surface area contributed by atoms with Gasteiger partial charge in [0.15, 0.2) is 0 Å². The molecule has 0 aromatic heterocycles. The maximum atomic E-state index is 10.5. The highest BCUT2D eigenvalue weighted by Crippen LogP contribution is 2.25. The van der Waals surface area contributed by atoms with Crippen LogP contribution in [-0.4, -0.2) is 94.3 Å². The van der Waals surface area contributed by atoms with Crippen molar-refractivity contribution in [2.24, 2.45) is 5.92 Å². The number of hydrogen-bond acceptors (Lipinski definition) is 7. The van der Waals surface area contributed by atoms with Gasteiger partial charge in [-0.3, -0.25) is 4.90 Å². The lowest BCUT2D eigenvalue weighted by atomic mass is 10.0. The fourth-order valence-electron chi connectivity index (χ4n) is 3.87. The lowest BCUT2D eigenvalue weighted by Crippen LogP contribution is -2.47. The standard InChI is InChI=1S/C22H37N3O4/c1-24-7-9-25(10-8-24)16-20(26)17-29-22-13-21(27-2)4-3-19(22)15-23-14-18-5-11-28-12-6-18/h3-4,13,18,20,23,26H,5-12,14-17H2,1-2H3. The van der Waals surface area contributed by atoms with Crippen LogP contribution in [0.1, 0.15) is 18.4 Å². The van der Waals surface area contributed by atoms with Crippen LogP contribution in [0.3, 0.4) is 0 Å². The van der Waals surface area contributed by atoms with Crippen LogP contribution in [0, 0.1) is 5.92 Å². The van der Waals surface area contributed by atoms with Gasteiger partial charge in [-0.25, -0.2) is 0 Å². The molecule has 0 spiro atoms. The summed E-state index contributed by atoms with van der Waals surface area (Å²) in [7, 11) is 3.79. The highest BCUT2D eigenvalue weighted by molar-refractivity contribution is 5.40. The van der Waals surface area contributed by atoms with Gasteiger partial charge in [0.05, 0.1) is 7.11 Å². The van der Waals surface area contributed by atoms with Crippen LogP contribution in [0.15, 0.2) is 18.2 Å². The molecule has 3 rings (SSSR count). The van der Waals surface area contributed by atoms with Crippen molar-refractivity contribution in [2.45, 2.75) is 25.5 Å². The zero-order chi connectivity index (χ0) is 20.5. The first kappa shape index (κ1) is 22.3. The SMILES string of the molecule is COc1ccc(CNCC2CCOCC2)c(OCC(O)CN2CCN(C)CC2)c1. The van der Waals surface area contributed by atoms with E-state index >= 15 is 0 Å². The number of rotatable bonds is 10. The van der Waals surface area contributed by atoms with Gasteiger partial charge < -0.3 is 29.5 Å². The molecule has 0 aliphatic carbocycles. The van der Waals surface area contributed by atoms with Crippen LogP contribution in [-0.2, 0) is 11.3 Å². The van der Waals surface area contributed by atoms with Crippen LogP contribution < -0.4 is 14.8 Å². The van der Waals surface area contributed by atoms with Gasteiger partial charge in [0, 0.05) is 64.1 Å². The molecule has 29 heavy (non-hydrogen) atoms. The van der Waals surface area contributed by atoms with Gasteiger partial charge in [-0.15, -0.1) is 0 Å². The summed E-state index contributed by atoms with van der Waals surface area (Å²) in [6.45, 7) is 8.48. The van der Waals surface area contributed by atoms with Crippen molar-refractivity contribution in [3.8, 4) is 11.5 Å². The number of aliphatic hydroxyl groups is 1. The summed E-state index contributed by atoms with van der Waals surface area (Å²) in [5.74, 6) is 2.22. The van der Waals surface area contributed by atoms with Crippen molar-refractivity contribution in [1.29, 1.82) is 0 Å². The average Bonchev–Trinajstić information content (AvgIpc) is 2.75. The van der Waals surface area contributed by atoms with Gasteiger partial charge in [0.1, 0.15) is 24.2 Å². The molecule has 0 saturated carbocycles. The van der Waals surface area contributed by atoms with E-state index < -0.39 is 6.10 Å². The molecule has 2 saturated heterocycles. The largest absolute Gasteiger partial charge is 0.497 e. The number of benzene rings is 1. The van der Waals surface area contributed by atoms with Gasteiger partial charge in [0.2, 0.25) is 0 Å². The Labute approximate surface area is 174 Å². The van der Waals surface area contributed by atoms with E-state index in [2.05, 4.69) is 22.2 Å². The van der Waals surface area contributed by atoms with Gasteiger partial charge >= 0.3 is 0 Å². The Kier molecular flexibility index (Phi) is 9.01. The molecule has 0 amide bonds. The predicted octanol–water partition coefficient (Wildman–Crippen LogP) is 1.20. The van der Waals surface area contributed by atoms with Gasteiger partial charge in [-0.2, -0.15) is 0 Å². The van der Waals surface area contributed by atoms with E-state index in [0.717, 1.165) is 82.4 Å². The number of nitrogens with one attached hydrogen (secondary N) is 1. The van der Waals surface area contributed by atoms with Crippen LogP contribution in [0.25, 0.3) is 0 Å². The average molecular weight is 408 g/mol. The zero-order valence-electron chi connectivity index (χ0n) is 17.9. The predicted molar refractivity (Wildman–Crippen MR) is 114 cm³/mol.